The van der Waals surface area contributed by atoms with Gasteiger partial charge in [0.15, 0.2) is 11.5 Å². The van der Waals surface area contributed by atoms with E-state index in [-0.39, 0.29) is 27.2 Å². The second-order valence-corrected chi connectivity index (χ2v) is 8.21. The van der Waals surface area contributed by atoms with Gasteiger partial charge in [0, 0.05) is 26.1 Å². The summed E-state index contributed by atoms with van der Waals surface area (Å²) in [7, 11) is 1.76. The first-order chi connectivity index (χ1) is 14.9. The number of hydrogen-bond acceptors (Lipinski definition) is 7. The van der Waals surface area contributed by atoms with Gasteiger partial charge < -0.3 is 16.0 Å². The molecule has 1 fully saturated rings. The molecule has 4 rings (SSSR count). The van der Waals surface area contributed by atoms with Crippen LogP contribution in [0, 0.1) is 28.9 Å². The van der Waals surface area contributed by atoms with E-state index < -0.39 is 17.5 Å². The zero-order valence-corrected chi connectivity index (χ0v) is 17.4. The van der Waals surface area contributed by atoms with E-state index in [2.05, 4.69) is 26.4 Å². The summed E-state index contributed by atoms with van der Waals surface area (Å²) in [6.07, 6.45) is 2.97. The molecule has 1 aliphatic rings. The van der Waals surface area contributed by atoms with E-state index in [9.17, 15) is 13.6 Å². The number of benzene rings is 1. The first-order valence-electron chi connectivity index (χ1n) is 9.57. The van der Waals surface area contributed by atoms with Crippen LogP contribution in [0.2, 0.25) is 0 Å². The first-order valence-corrected chi connectivity index (χ1v) is 10.4. The van der Waals surface area contributed by atoms with Crippen LogP contribution in [0.4, 0.5) is 25.3 Å². The molecule has 0 atom stereocenters. The number of nitrogen functional groups attached to an aromatic ring is 1. The van der Waals surface area contributed by atoms with Crippen LogP contribution < -0.4 is 16.0 Å². The van der Waals surface area contributed by atoms with E-state index in [1.54, 1.807) is 11.7 Å². The summed E-state index contributed by atoms with van der Waals surface area (Å²) >= 11 is 0.839. The van der Waals surface area contributed by atoms with Crippen LogP contribution in [0.15, 0.2) is 24.4 Å². The summed E-state index contributed by atoms with van der Waals surface area (Å²) in [6.45, 7) is 1.33. The Labute approximate surface area is 180 Å². The lowest BCUT2D eigenvalue weighted by Crippen LogP contribution is -2.35. The molecule has 0 aliphatic carbocycles. The molecule has 2 aromatic heterocycles. The SMILES string of the molecule is Cn1ncc(NC(=O)c2nc(-c3c(F)cccc3F)sc2N)c1N1CCC(C#N)CC1. The minimum Gasteiger partial charge on any atom is -0.389 e. The van der Waals surface area contributed by atoms with Crippen LogP contribution >= 0.6 is 11.3 Å². The lowest BCUT2D eigenvalue weighted by Gasteiger charge is -2.31. The second kappa shape index (κ2) is 8.31. The van der Waals surface area contributed by atoms with Crippen molar-refractivity contribution in [3.8, 4) is 16.6 Å². The van der Waals surface area contributed by atoms with Crippen molar-refractivity contribution in [2.45, 2.75) is 12.8 Å². The fourth-order valence-electron chi connectivity index (χ4n) is 3.60. The molecular formula is C20H19F2N7OS. The smallest absolute Gasteiger partial charge is 0.277 e. The number of halogens is 2. The number of hydrogen-bond donors (Lipinski definition) is 2. The van der Waals surface area contributed by atoms with E-state index in [1.807, 2.05) is 0 Å². The summed E-state index contributed by atoms with van der Waals surface area (Å²) in [6, 6.07) is 5.78. The van der Waals surface area contributed by atoms with Gasteiger partial charge in [-0.25, -0.2) is 13.8 Å². The van der Waals surface area contributed by atoms with Crippen LogP contribution in [0.3, 0.4) is 0 Å². The van der Waals surface area contributed by atoms with Gasteiger partial charge >= 0.3 is 0 Å². The summed E-state index contributed by atoms with van der Waals surface area (Å²) in [5, 5.41) is 16.1. The molecule has 8 nitrogen and oxygen atoms in total. The largest absolute Gasteiger partial charge is 0.389 e. The second-order valence-electron chi connectivity index (χ2n) is 7.18. The highest BCUT2D eigenvalue weighted by Gasteiger charge is 2.26. The number of aromatic nitrogens is 3. The molecule has 11 heteroatoms. The number of nitriles is 1. The highest BCUT2D eigenvalue weighted by Crippen LogP contribution is 2.35. The summed E-state index contributed by atoms with van der Waals surface area (Å²) in [5.41, 5.74) is 5.98. The van der Waals surface area contributed by atoms with Gasteiger partial charge in [-0.2, -0.15) is 10.4 Å². The van der Waals surface area contributed by atoms with Gasteiger partial charge in [-0.15, -0.1) is 0 Å². The number of thiazole rings is 1. The summed E-state index contributed by atoms with van der Waals surface area (Å²) < 4.78 is 29.8. The monoisotopic (exact) mass is 443 g/mol. The van der Waals surface area contributed by atoms with Crippen molar-refractivity contribution in [2.75, 3.05) is 29.0 Å². The number of aryl methyl sites for hydroxylation is 1. The molecule has 0 unspecified atom stereocenters. The van der Waals surface area contributed by atoms with Crippen molar-refractivity contribution in [1.82, 2.24) is 14.8 Å². The molecule has 0 spiro atoms. The highest BCUT2D eigenvalue weighted by atomic mass is 32.1. The molecule has 31 heavy (non-hydrogen) atoms. The molecule has 3 N–H and O–H groups in total. The van der Waals surface area contributed by atoms with E-state index in [0.29, 0.717) is 24.6 Å². The summed E-state index contributed by atoms with van der Waals surface area (Å²) in [5.74, 6) is -1.43. The third-order valence-electron chi connectivity index (χ3n) is 5.18. The minimum absolute atomic E-state index is 0.0109. The topological polar surface area (TPSA) is 113 Å². The van der Waals surface area contributed by atoms with Crippen molar-refractivity contribution in [2.24, 2.45) is 13.0 Å². The van der Waals surface area contributed by atoms with Crippen LogP contribution in [0.25, 0.3) is 10.6 Å². The molecule has 1 amide bonds. The van der Waals surface area contributed by atoms with Gasteiger partial charge in [-0.1, -0.05) is 17.4 Å². The molecule has 1 saturated heterocycles. The van der Waals surface area contributed by atoms with Gasteiger partial charge in [0.2, 0.25) is 0 Å². The van der Waals surface area contributed by atoms with Crippen molar-refractivity contribution in [3.05, 3.63) is 41.7 Å². The maximum Gasteiger partial charge on any atom is 0.277 e. The third-order valence-corrected chi connectivity index (χ3v) is 6.08. The first kappa shape index (κ1) is 20.7. The molecule has 3 heterocycles. The molecule has 0 saturated carbocycles. The number of carbonyl (C=O) groups is 1. The number of rotatable bonds is 4. The van der Waals surface area contributed by atoms with E-state index in [0.717, 1.165) is 36.3 Å². The van der Waals surface area contributed by atoms with E-state index in [4.69, 9.17) is 11.0 Å². The number of anilines is 3. The van der Waals surface area contributed by atoms with Gasteiger partial charge in [0.25, 0.3) is 5.91 Å². The molecule has 160 valence electrons. The Morgan fingerprint density at radius 1 is 1.32 bits per heavy atom. The molecule has 1 aromatic carbocycles. The Morgan fingerprint density at radius 2 is 2.00 bits per heavy atom. The van der Waals surface area contributed by atoms with Crippen molar-refractivity contribution in [1.29, 1.82) is 5.26 Å². The van der Waals surface area contributed by atoms with Crippen molar-refractivity contribution >= 4 is 33.8 Å². The van der Waals surface area contributed by atoms with Crippen LogP contribution in [-0.2, 0) is 7.05 Å². The average molecular weight is 443 g/mol. The van der Waals surface area contributed by atoms with E-state index in [1.165, 1.54) is 12.3 Å². The Bertz CT molecular complexity index is 1150. The molecule has 3 aromatic rings. The predicted molar refractivity (Wildman–Crippen MR) is 114 cm³/mol. The van der Waals surface area contributed by atoms with Gasteiger partial charge in [-0.3, -0.25) is 9.48 Å². The zero-order chi connectivity index (χ0) is 22.1. The molecule has 1 aliphatic heterocycles. The maximum absolute atomic E-state index is 14.1. The number of nitrogens with two attached hydrogens (primary N) is 1. The fourth-order valence-corrected chi connectivity index (χ4v) is 4.48. The number of amides is 1. The van der Waals surface area contributed by atoms with E-state index >= 15 is 0 Å². The lowest BCUT2D eigenvalue weighted by atomic mass is 9.99. The fraction of sp³-hybridized carbons (Fsp3) is 0.300. The van der Waals surface area contributed by atoms with Gasteiger partial charge in [-0.05, 0) is 25.0 Å². The van der Waals surface area contributed by atoms with Gasteiger partial charge in [0.1, 0.15) is 27.3 Å². The average Bonchev–Trinajstić information content (AvgIpc) is 3.30. The highest BCUT2D eigenvalue weighted by molar-refractivity contribution is 7.19. The number of nitrogens with zero attached hydrogens (tertiary/aromatic N) is 5. The Kier molecular flexibility index (Phi) is 5.56. The maximum atomic E-state index is 14.1. The molecular weight excluding hydrogens is 424 g/mol. The minimum atomic E-state index is -0.781. The quantitative estimate of drug-likeness (QED) is 0.639. The van der Waals surface area contributed by atoms with Crippen molar-refractivity contribution in [3.63, 3.8) is 0 Å². The lowest BCUT2D eigenvalue weighted by molar-refractivity contribution is 0.102. The molecule has 0 radical (unpaired) electrons. The molecule has 0 bridgehead atoms. The Hall–Kier alpha value is -3.52. The number of piperidine rings is 1. The normalized spacial score (nSPS) is 14.5. The Balaban J connectivity index is 1.58. The van der Waals surface area contributed by atoms with Crippen molar-refractivity contribution < 1.29 is 13.6 Å². The predicted octanol–water partition coefficient (Wildman–Crippen LogP) is 3.40. The van der Waals surface area contributed by atoms with Crippen LogP contribution in [0.1, 0.15) is 23.3 Å². The number of nitrogens with one attached hydrogen (secondary N) is 1. The number of carbonyl (C=O) groups excluding carboxylic acids is 1. The standard InChI is InChI=1S/C20H19F2N7OS/c1-28-20(29-7-5-11(9-23)6-8-29)14(10-25-28)26-18(30)16-17(24)31-19(27-16)15-12(21)3-2-4-13(15)22/h2-4,10-11H,5-8,24H2,1H3,(H,26,30). The van der Waals surface area contributed by atoms with Crippen LogP contribution in [-0.4, -0.2) is 33.8 Å². The Morgan fingerprint density at radius 3 is 2.65 bits per heavy atom. The zero-order valence-electron chi connectivity index (χ0n) is 16.6. The summed E-state index contributed by atoms with van der Waals surface area (Å²) in [4.78, 5) is 19.0. The van der Waals surface area contributed by atoms with Crippen LogP contribution in [0.5, 0.6) is 0 Å². The third kappa shape index (κ3) is 3.94. The van der Waals surface area contributed by atoms with Gasteiger partial charge in [0.05, 0.1) is 17.8 Å².